The summed E-state index contributed by atoms with van der Waals surface area (Å²) in [6.45, 7) is 9.96. The van der Waals surface area contributed by atoms with Gasteiger partial charge in [0.2, 0.25) is 10.0 Å². The van der Waals surface area contributed by atoms with Crippen LogP contribution in [0.1, 0.15) is 49.8 Å². The van der Waals surface area contributed by atoms with Crippen LogP contribution in [0, 0.1) is 20.8 Å². The Morgan fingerprint density at radius 2 is 1.55 bits per heavy atom. The third kappa shape index (κ3) is 2.51. The van der Waals surface area contributed by atoms with Gasteiger partial charge >= 0.3 is 0 Å². The molecule has 0 N–H and O–H groups in total. The van der Waals surface area contributed by atoms with Gasteiger partial charge in [-0.15, -0.1) is 0 Å². The van der Waals surface area contributed by atoms with E-state index >= 15 is 0 Å². The van der Waals surface area contributed by atoms with Crippen LogP contribution in [-0.2, 0) is 10.0 Å². The molecule has 0 aliphatic carbocycles. The first-order valence-corrected chi connectivity index (χ1v) is 8.81. The van der Waals surface area contributed by atoms with E-state index in [0.717, 1.165) is 36.0 Å². The molecule has 3 nitrogen and oxygen atoms in total. The van der Waals surface area contributed by atoms with Gasteiger partial charge in [-0.1, -0.05) is 12.5 Å². The third-order valence-corrected chi connectivity index (χ3v) is 6.95. The molecule has 20 heavy (non-hydrogen) atoms. The quantitative estimate of drug-likeness (QED) is 0.836. The van der Waals surface area contributed by atoms with Crippen LogP contribution in [0.25, 0.3) is 0 Å². The van der Waals surface area contributed by atoms with E-state index in [9.17, 15) is 8.42 Å². The molecule has 1 aliphatic rings. The maximum atomic E-state index is 13.0. The van der Waals surface area contributed by atoms with Gasteiger partial charge in [0.25, 0.3) is 0 Å². The number of aryl methyl sites for hydroxylation is 1. The maximum Gasteiger partial charge on any atom is 0.243 e. The zero-order valence-electron chi connectivity index (χ0n) is 13.1. The van der Waals surface area contributed by atoms with Gasteiger partial charge < -0.3 is 0 Å². The van der Waals surface area contributed by atoms with Gasteiger partial charge in [0.15, 0.2) is 0 Å². The monoisotopic (exact) mass is 295 g/mol. The van der Waals surface area contributed by atoms with E-state index in [1.807, 2.05) is 40.7 Å². The van der Waals surface area contributed by atoms with Gasteiger partial charge in [-0.25, -0.2) is 8.42 Å². The topological polar surface area (TPSA) is 37.4 Å². The Hall–Kier alpha value is -0.870. The van der Waals surface area contributed by atoms with Crippen molar-refractivity contribution < 1.29 is 8.42 Å². The summed E-state index contributed by atoms with van der Waals surface area (Å²) in [4.78, 5) is 0.473. The van der Waals surface area contributed by atoms with E-state index in [0.29, 0.717) is 4.90 Å². The van der Waals surface area contributed by atoms with Crippen LogP contribution < -0.4 is 0 Å². The smallest absolute Gasteiger partial charge is 0.207 e. The molecular formula is C16H25NO2S. The number of piperidine rings is 1. The average Bonchev–Trinajstić information content (AvgIpc) is 2.35. The fourth-order valence-electron chi connectivity index (χ4n) is 3.20. The molecule has 4 heteroatoms. The first-order valence-electron chi connectivity index (χ1n) is 7.37. The van der Waals surface area contributed by atoms with E-state index in [1.165, 1.54) is 0 Å². The van der Waals surface area contributed by atoms with Crippen LogP contribution in [0.2, 0.25) is 0 Å². The number of sulfonamides is 1. The van der Waals surface area contributed by atoms with Crippen molar-refractivity contribution in [1.29, 1.82) is 0 Å². The van der Waals surface area contributed by atoms with Crippen molar-refractivity contribution in [3.05, 3.63) is 28.8 Å². The molecule has 1 heterocycles. The predicted octanol–water partition coefficient (Wildman–Crippen LogP) is 3.56. The molecule has 2 atom stereocenters. The summed E-state index contributed by atoms with van der Waals surface area (Å²) < 4.78 is 27.8. The predicted molar refractivity (Wildman–Crippen MR) is 82.5 cm³/mol. The third-order valence-electron chi connectivity index (χ3n) is 4.68. The highest BCUT2D eigenvalue weighted by Crippen LogP contribution is 2.32. The van der Waals surface area contributed by atoms with Gasteiger partial charge in [-0.05, 0) is 70.2 Å². The molecular weight excluding hydrogens is 270 g/mol. The number of nitrogens with zero attached hydrogens (tertiary/aromatic N) is 1. The van der Waals surface area contributed by atoms with Crippen molar-refractivity contribution in [2.24, 2.45) is 0 Å². The highest BCUT2D eigenvalue weighted by molar-refractivity contribution is 7.89. The molecule has 0 saturated carbocycles. The fourth-order valence-corrected chi connectivity index (χ4v) is 5.36. The van der Waals surface area contributed by atoms with E-state index in [1.54, 1.807) is 10.4 Å². The molecule has 0 amide bonds. The SMILES string of the molecule is Cc1ccc(S(=O)(=O)N2[C@@H](C)CCC[C@@H]2C)c(C)c1C. The first kappa shape index (κ1) is 15.5. The van der Waals surface area contributed by atoms with Crippen molar-refractivity contribution in [2.75, 3.05) is 0 Å². The highest BCUT2D eigenvalue weighted by atomic mass is 32.2. The van der Waals surface area contributed by atoms with Crippen molar-refractivity contribution >= 4 is 10.0 Å². The second-order valence-electron chi connectivity index (χ2n) is 6.09. The van der Waals surface area contributed by atoms with Crippen molar-refractivity contribution in [1.82, 2.24) is 4.31 Å². The normalized spacial score (nSPS) is 24.9. The van der Waals surface area contributed by atoms with Crippen molar-refractivity contribution in [3.63, 3.8) is 0 Å². The largest absolute Gasteiger partial charge is 0.243 e. The van der Waals surface area contributed by atoms with Crippen LogP contribution in [0.3, 0.4) is 0 Å². The summed E-state index contributed by atoms with van der Waals surface area (Å²) in [5.74, 6) is 0. The van der Waals surface area contributed by atoms with E-state index in [4.69, 9.17) is 0 Å². The summed E-state index contributed by atoms with van der Waals surface area (Å²) in [7, 11) is -3.40. The Labute approximate surface area is 123 Å². The van der Waals surface area contributed by atoms with Gasteiger partial charge in [-0.2, -0.15) is 4.31 Å². The maximum absolute atomic E-state index is 13.0. The molecule has 1 aromatic carbocycles. The lowest BCUT2D eigenvalue weighted by atomic mass is 10.0. The van der Waals surface area contributed by atoms with E-state index < -0.39 is 10.0 Å². The summed E-state index contributed by atoms with van der Waals surface area (Å²) in [5, 5.41) is 0. The van der Waals surface area contributed by atoms with Crippen molar-refractivity contribution in [3.8, 4) is 0 Å². The molecule has 0 aromatic heterocycles. The average molecular weight is 295 g/mol. The van der Waals surface area contributed by atoms with Crippen LogP contribution >= 0.6 is 0 Å². The fraction of sp³-hybridized carbons (Fsp3) is 0.625. The standard InChI is InChI=1S/C16H25NO2S/c1-11-9-10-16(15(5)14(11)4)20(18,19)17-12(2)7-6-8-13(17)3/h9-10,12-13H,6-8H2,1-5H3/t12-,13-/m0/s1. The molecule has 0 bridgehead atoms. The molecule has 0 spiro atoms. The molecule has 112 valence electrons. The minimum Gasteiger partial charge on any atom is -0.207 e. The van der Waals surface area contributed by atoms with Gasteiger partial charge in [-0.3, -0.25) is 0 Å². The van der Waals surface area contributed by atoms with Gasteiger partial charge in [0.05, 0.1) is 4.90 Å². The molecule has 1 fully saturated rings. The number of benzene rings is 1. The Kier molecular flexibility index (Phi) is 4.26. The number of hydrogen-bond donors (Lipinski definition) is 0. The van der Waals surface area contributed by atoms with Crippen molar-refractivity contribution in [2.45, 2.75) is 70.9 Å². The lowest BCUT2D eigenvalue weighted by Gasteiger charge is -2.38. The second kappa shape index (κ2) is 5.49. The van der Waals surface area contributed by atoms with Crippen LogP contribution in [-0.4, -0.2) is 24.8 Å². The molecule has 1 aromatic rings. The Bertz CT molecular complexity index is 597. The van der Waals surface area contributed by atoms with Gasteiger partial charge in [0.1, 0.15) is 0 Å². The Morgan fingerprint density at radius 3 is 2.10 bits per heavy atom. The lowest BCUT2D eigenvalue weighted by Crippen LogP contribution is -2.47. The van der Waals surface area contributed by atoms with Gasteiger partial charge in [0, 0.05) is 12.1 Å². The van der Waals surface area contributed by atoms with Crippen LogP contribution in [0.4, 0.5) is 0 Å². The van der Waals surface area contributed by atoms with E-state index in [-0.39, 0.29) is 12.1 Å². The molecule has 2 rings (SSSR count). The zero-order chi connectivity index (χ0) is 15.1. The summed E-state index contributed by atoms with van der Waals surface area (Å²) in [5.41, 5.74) is 3.10. The molecule has 0 radical (unpaired) electrons. The Morgan fingerprint density at radius 1 is 1.00 bits per heavy atom. The molecule has 1 saturated heterocycles. The minimum absolute atomic E-state index is 0.0877. The summed E-state index contributed by atoms with van der Waals surface area (Å²) >= 11 is 0. The lowest BCUT2D eigenvalue weighted by molar-refractivity contribution is 0.204. The zero-order valence-corrected chi connectivity index (χ0v) is 13.9. The minimum atomic E-state index is -3.40. The summed E-state index contributed by atoms with van der Waals surface area (Å²) in [6.07, 6.45) is 3.02. The van der Waals surface area contributed by atoms with Crippen LogP contribution in [0.5, 0.6) is 0 Å². The van der Waals surface area contributed by atoms with Crippen LogP contribution in [0.15, 0.2) is 17.0 Å². The first-order chi connectivity index (χ1) is 9.26. The second-order valence-corrected chi connectivity index (χ2v) is 7.91. The highest BCUT2D eigenvalue weighted by Gasteiger charge is 2.36. The van der Waals surface area contributed by atoms with E-state index in [2.05, 4.69) is 0 Å². The molecule has 0 unspecified atom stereocenters. The molecule has 1 aliphatic heterocycles. The summed E-state index contributed by atoms with van der Waals surface area (Å²) in [6, 6.07) is 3.85. The number of hydrogen-bond acceptors (Lipinski definition) is 2. The Balaban J connectivity index is 2.52. The number of rotatable bonds is 2.